The Morgan fingerprint density at radius 2 is 1.15 bits per heavy atom. The highest BCUT2D eigenvalue weighted by Crippen LogP contribution is 2.48. The van der Waals surface area contributed by atoms with Crippen molar-refractivity contribution in [3.8, 4) is 0 Å². The van der Waals surface area contributed by atoms with E-state index in [9.17, 15) is 126 Å². The SMILES string of the molecule is CC(=O)N[C@H]1[C@H](O[C@@H]2[C@H](O)[C@@H](O[C@@H]3[C@H](O)[C@@H](O[C@H]4[C@@H]([C@H](O)CO)O[C@@](O)(C(=O)O)C[C@H]4O[C@@]4(C(=O)O)O[C@H]([C@@H](CO)OP(=O)(O)OCCN)[C@H](O)[C@H](O)[C@@H]4O)O[C@H]([C@@H](O)CO)[C@H]3O)O[C@H]([C@@H](O)CO)[C@H]2O)O[C@H](CO)[C@@H](O)[C@@H]1O. The smallest absolute Gasteiger partial charge is 0.472 e. The number of phosphoric ester groups is 1. The van der Waals surface area contributed by atoms with Gasteiger partial charge in [-0.2, -0.15) is 0 Å². The number of phosphoric acid groups is 1. The van der Waals surface area contributed by atoms with E-state index in [1.54, 1.807) is 0 Å². The summed E-state index contributed by atoms with van der Waals surface area (Å²) >= 11 is 0. The number of carbonyl (C=O) groups is 3. The van der Waals surface area contributed by atoms with Gasteiger partial charge in [-0.25, -0.2) is 14.2 Å². The Morgan fingerprint density at radius 1 is 0.646 bits per heavy atom. The Kier molecular flexibility index (Phi) is 23.7. The van der Waals surface area contributed by atoms with Crippen molar-refractivity contribution in [1.82, 2.24) is 5.32 Å². The molecular formula is C40H69N2O36P. The fraction of sp³-hybridized carbons (Fsp3) is 0.925. The van der Waals surface area contributed by atoms with Crippen molar-refractivity contribution < 1.29 is 178 Å². The van der Waals surface area contributed by atoms with Crippen LogP contribution in [-0.2, 0) is 70.6 Å². The predicted molar refractivity (Wildman–Crippen MR) is 238 cm³/mol. The number of nitrogens with two attached hydrogens (primary N) is 1. The standard InChI is InChI=1S/C40H69N2O36P/c1-10(48)42-17-19(53)18(52)15(8-46)69-34(17)73-31-22(56)26(11(49)5-43)71-36(24(31)58)74-32-23(57)27(12(50)6-44)70-35(25(32)59)72-30-14(4-39(65,37(61)62)76-28(30)13(51)7-45)75-40(38(63)64)33(60)21(55)20(54)29(77-40)16(9-47)78-79(66,67)68-3-2-41/h11-36,43-47,49-60,65H,2-9,41H2,1H3,(H,42,48)(H,61,62)(H,63,64)(H,66,67)/t11-,12-,13+,14+,15+,16+,17+,18+,19+,20+,21-,22+,23+,24-,25-,26+,27+,28+,29+,30+,31-,32-,33-,34-,35+,36+,39+,40+/m0/s1. The topological polar surface area (TPSA) is 633 Å². The van der Waals surface area contributed by atoms with Crippen LogP contribution < -0.4 is 11.1 Å². The summed E-state index contributed by atoms with van der Waals surface area (Å²) in [5, 5.41) is 218. The van der Waals surface area contributed by atoms with Gasteiger partial charge in [0.1, 0.15) is 134 Å². The van der Waals surface area contributed by atoms with E-state index < -0.39 is 243 Å². The summed E-state index contributed by atoms with van der Waals surface area (Å²) in [4.78, 5) is 48.2. The van der Waals surface area contributed by atoms with E-state index in [0.717, 1.165) is 6.92 Å². The predicted octanol–water partition coefficient (Wildman–Crippen LogP) is -14.3. The molecule has 79 heavy (non-hydrogen) atoms. The third-order valence-electron chi connectivity index (χ3n) is 13.3. The summed E-state index contributed by atoms with van der Waals surface area (Å²) in [5.74, 6) is -13.4. The molecule has 29 atom stereocenters. The molecule has 1 unspecified atom stereocenters. The van der Waals surface area contributed by atoms with Crippen LogP contribution >= 0.6 is 7.82 Å². The van der Waals surface area contributed by atoms with Gasteiger partial charge in [0, 0.05) is 19.9 Å². The maximum Gasteiger partial charge on any atom is 0.472 e. The van der Waals surface area contributed by atoms with Crippen molar-refractivity contribution >= 4 is 25.7 Å². The van der Waals surface area contributed by atoms with Crippen LogP contribution in [0.4, 0.5) is 0 Å². The second-order valence-corrected chi connectivity index (χ2v) is 20.2. The molecule has 24 N–H and O–H groups in total. The number of carbonyl (C=O) groups excluding carboxylic acids is 1. The van der Waals surface area contributed by atoms with E-state index in [-0.39, 0.29) is 6.54 Å². The molecule has 0 bridgehead atoms. The first-order valence-corrected chi connectivity index (χ1v) is 25.4. The Labute approximate surface area is 444 Å². The number of aliphatic hydroxyl groups is 18. The zero-order chi connectivity index (χ0) is 59.4. The highest BCUT2D eigenvalue weighted by atomic mass is 31.2. The largest absolute Gasteiger partial charge is 0.477 e. The second-order valence-electron chi connectivity index (χ2n) is 18.8. The lowest BCUT2D eigenvalue weighted by Crippen LogP contribution is -2.73. The van der Waals surface area contributed by atoms with E-state index >= 15 is 0 Å². The molecule has 0 aromatic heterocycles. The number of rotatable bonds is 25. The average Bonchev–Trinajstić information content (AvgIpc) is 3.45. The first-order valence-electron chi connectivity index (χ1n) is 23.9. The average molecular weight is 1180 g/mol. The summed E-state index contributed by atoms with van der Waals surface area (Å²) in [7, 11) is -5.32. The number of carboxylic acid groups (broad SMARTS) is 2. The molecule has 5 aliphatic heterocycles. The minimum absolute atomic E-state index is 0.381. The van der Waals surface area contributed by atoms with Gasteiger partial charge >= 0.3 is 19.8 Å². The number of aliphatic hydroxyl groups excluding tert-OH is 17. The fourth-order valence-electron chi connectivity index (χ4n) is 9.28. The van der Waals surface area contributed by atoms with Crippen molar-refractivity contribution in [2.75, 3.05) is 46.2 Å². The van der Waals surface area contributed by atoms with E-state index in [1.807, 2.05) is 0 Å². The number of amides is 1. The molecule has 38 nitrogen and oxygen atoms in total. The summed E-state index contributed by atoms with van der Waals surface area (Å²) < 4.78 is 72.5. The number of hydrogen-bond acceptors (Lipinski definition) is 34. The quantitative estimate of drug-likeness (QED) is 0.0378. The Hall–Kier alpha value is -2.60. The molecule has 0 saturated carbocycles. The summed E-state index contributed by atoms with van der Waals surface area (Å²) in [6.45, 7) is -6.55. The normalized spacial score (nSPS) is 44.4. The molecular weight excluding hydrogens is 1120 g/mol. The molecule has 5 fully saturated rings. The Morgan fingerprint density at radius 3 is 1.61 bits per heavy atom. The lowest BCUT2D eigenvalue weighted by Gasteiger charge is -2.52. The summed E-state index contributed by atoms with van der Waals surface area (Å²) in [6, 6.07) is -1.75. The summed E-state index contributed by atoms with van der Waals surface area (Å²) in [5.41, 5.74) is 5.27. The zero-order valence-electron chi connectivity index (χ0n) is 41.2. The number of aliphatic carboxylic acids is 2. The van der Waals surface area contributed by atoms with E-state index in [1.165, 1.54) is 0 Å². The van der Waals surface area contributed by atoms with Gasteiger partial charge in [0.15, 0.2) is 18.9 Å². The highest BCUT2D eigenvalue weighted by Gasteiger charge is 2.66. The Balaban J connectivity index is 1.57. The first kappa shape index (κ1) is 67.2. The molecule has 5 saturated heterocycles. The molecule has 5 aliphatic rings. The maximum absolute atomic E-state index is 13.3. The molecule has 0 aromatic rings. The molecule has 0 radical (unpaired) electrons. The third kappa shape index (κ3) is 14.5. The highest BCUT2D eigenvalue weighted by molar-refractivity contribution is 7.47. The lowest BCUT2D eigenvalue weighted by molar-refractivity contribution is -0.413. The minimum Gasteiger partial charge on any atom is -0.477 e. The van der Waals surface area contributed by atoms with Gasteiger partial charge in [0.2, 0.25) is 5.91 Å². The van der Waals surface area contributed by atoms with Crippen LogP contribution in [0.25, 0.3) is 0 Å². The van der Waals surface area contributed by atoms with Gasteiger partial charge in [-0.1, -0.05) is 0 Å². The molecule has 0 spiro atoms. The first-order chi connectivity index (χ1) is 36.9. The Bertz CT molecular complexity index is 2040. The fourth-order valence-corrected chi connectivity index (χ4v) is 10.2. The molecule has 1 amide bonds. The number of carboxylic acids is 2. The number of nitrogens with one attached hydrogen (secondary N) is 1. The van der Waals surface area contributed by atoms with Crippen LogP contribution in [0.15, 0.2) is 0 Å². The van der Waals surface area contributed by atoms with Gasteiger partial charge < -0.3 is 161 Å². The van der Waals surface area contributed by atoms with Gasteiger partial charge in [-0.3, -0.25) is 13.8 Å². The number of hydrogen-bond donors (Lipinski definition) is 23. The van der Waals surface area contributed by atoms with Gasteiger partial charge in [-0.15, -0.1) is 0 Å². The van der Waals surface area contributed by atoms with Crippen LogP contribution in [0.2, 0.25) is 0 Å². The van der Waals surface area contributed by atoms with Crippen molar-refractivity contribution in [2.24, 2.45) is 5.73 Å². The molecule has 5 rings (SSSR count). The molecule has 0 aromatic carbocycles. The lowest BCUT2D eigenvalue weighted by atomic mass is 9.88. The van der Waals surface area contributed by atoms with Gasteiger partial charge in [0.05, 0.1) is 45.7 Å². The van der Waals surface area contributed by atoms with Gasteiger partial charge in [0.25, 0.3) is 11.6 Å². The van der Waals surface area contributed by atoms with E-state index in [2.05, 4.69) is 9.84 Å². The van der Waals surface area contributed by atoms with Crippen LogP contribution in [0, 0.1) is 0 Å². The van der Waals surface area contributed by atoms with Crippen molar-refractivity contribution in [3.63, 3.8) is 0 Å². The minimum atomic E-state index is -5.32. The zero-order valence-corrected chi connectivity index (χ0v) is 42.1. The van der Waals surface area contributed by atoms with Crippen molar-refractivity contribution in [3.05, 3.63) is 0 Å². The van der Waals surface area contributed by atoms with E-state index in [4.69, 9.17) is 52.9 Å². The van der Waals surface area contributed by atoms with Crippen molar-refractivity contribution in [2.45, 2.75) is 184 Å². The molecule has 0 aliphatic carbocycles. The van der Waals surface area contributed by atoms with Crippen LogP contribution in [0.3, 0.4) is 0 Å². The molecule has 39 heteroatoms. The van der Waals surface area contributed by atoms with Crippen LogP contribution in [0.5, 0.6) is 0 Å². The summed E-state index contributed by atoms with van der Waals surface area (Å²) in [6.07, 6.45) is -61.4. The number of ether oxygens (including phenoxy) is 9. The monoisotopic (exact) mass is 1180 g/mol. The van der Waals surface area contributed by atoms with E-state index in [0.29, 0.717) is 0 Å². The van der Waals surface area contributed by atoms with Crippen molar-refractivity contribution in [1.29, 1.82) is 0 Å². The molecule has 5 heterocycles. The van der Waals surface area contributed by atoms with Crippen LogP contribution in [0.1, 0.15) is 13.3 Å². The third-order valence-corrected chi connectivity index (χ3v) is 14.4. The van der Waals surface area contributed by atoms with Crippen LogP contribution in [-0.4, -0.2) is 342 Å². The van der Waals surface area contributed by atoms with Gasteiger partial charge in [-0.05, 0) is 0 Å². The second kappa shape index (κ2) is 27.9. The molecule has 460 valence electrons. The maximum atomic E-state index is 13.3.